The first kappa shape index (κ1) is 16.1. The number of aromatic nitrogens is 4. The number of hydrogen-bond donors (Lipinski definition) is 1. The molecule has 0 aliphatic heterocycles. The Balaban J connectivity index is 2.15. The average Bonchev–Trinajstić information content (AvgIpc) is 2.96. The van der Waals surface area contributed by atoms with Gasteiger partial charge in [0.25, 0.3) is 0 Å². The molecule has 3 aromatic rings. The Labute approximate surface area is 143 Å². The Hall–Kier alpha value is -2.80. The van der Waals surface area contributed by atoms with E-state index in [9.17, 15) is 9.90 Å². The van der Waals surface area contributed by atoms with Gasteiger partial charge in [-0.1, -0.05) is 29.8 Å². The Bertz CT molecular complexity index is 900. The number of aryl methyl sites for hydroxylation is 1. The van der Waals surface area contributed by atoms with Gasteiger partial charge in [0.15, 0.2) is 10.6 Å². The normalized spacial score (nSPS) is 12.0. The van der Waals surface area contributed by atoms with Crippen molar-refractivity contribution in [2.75, 3.05) is 0 Å². The van der Waals surface area contributed by atoms with E-state index in [1.807, 2.05) is 31.2 Å². The highest BCUT2D eigenvalue weighted by atomic mass is 32.1. The summed E-state index contributed by atoms with van der Waals surface area (Å²) in [4.78, 5) is 15.3. The van der Waals surface area contributed by atoms with Crippen molar-refractivity contribution < 1.29 is 9.90 Å². The molecular formula is C17H15N4O2S-. The molecule has 0 unspecified atom stereocenters. The highest BCUT2D eigenvalue weighted by Gasteiger charge is 2.20. The van der Waals surface area contributed by atoms with Crippen LogP contribution in [0.15, 0.2) is 48.8 Å². The van der Waals surface area contributed by atoms with Gasteiger partial charge in [-0.2, -0.15) is 5.10 Å². The van der Waals surface area contributed by atoms with Crippen molar-refractivity contribution in [2.24, 2.45) is 0 Å². The SMILES string of the molecule is Cc1ccc([C@@H](CC(=O)[O-])n2c(-c3ccncc3)n[nH]c2=S)cc1. The summed E-state index contributed by atoms with van der Waals surface area (Å²) in [6.07, 6.45) is 3.10. The molecule has 1 N–H and O–H groups in total. The van der Waals surface area contributed by atoms with Crippen molar-refractivity contribution in [2.45, 2.75) is 19.4 Å². The van der Waals surface area contributed by atoms with E-state index in [0.717, 1.165) is 16.7 Å². The maximum absolute atomic E-state index is 11.3. The zero-order valence-electron chi connectivity index (χ0n) is 13.0. The molecule has 0 spiro atoms. The van der Waals surface area contributed by atoms with Crippen molar-refractivity contribution in [1.82, 2.24) is 19.7 Å². The Kier molecular flexibility index (Phi) is 4.52. The second-order valence-electron chi connectivity index (χ2n) is 5.46. The molecule has 0 fully saturated rings. The summed E-state index contributed by atoms with van der Waals surface area (Å²) in [7, 11) is 0. The van der Waals surface area contributed by atoms with Gasteiger partial charge in [-0.15, -0.1) is 0 Å². The predicted molar refractivity (Wildman–Crippen MR) is 89.6 cm³/mol. The number of nitrogens with one attached hydrogen (secondary N) is 1. The zero-order chi connectivity index (χ0) is 17.1. The topological polar surface area (TPSA) is 86.6 Å². The molecule has 122 valence electrons. The standard InChI is InChI=1S/C17H16N4O2S/c1-11-2-4-12(5-3-11)14(10-15(22)23)21-16(19-20-17(21)24)13-6-8-18-9-7-13/h2-9,14H,10H2,1H3,(H,20,24)(H,22,23)/p-1/t14-/m1/s1. The predicted octanol–water partition coefficient (Wildman–Crippen LogP) is 2.04. The Morgan fingerprint density at radius 2 is 1.92 bits per heavy atom. The van der Waals surface area contributed by atoms with Gasteiger partial charge in [-0.3, -0.25) is 14.6 Å². The smallest absolute Gasteiger partial charge is 0.196 e. The minimum absolute atomic E-state index is 0.199. The van der Waals surface area contributed by atoms with Crippen LogP contribution in [0.25, 0.3) is 11.4 Å². The van der Waals surface area contributed by atoms with Gasteiger partial charge in [-0.25, -0.2) is 0 Å². The third kappa shape index (κ3) is 3.26. The van der Waals surface area contributed by atoms with Crippen LogP contribution in [0.1, 0.15) is 23.6 Å². The van der Waals surface area contributed by atoms with Crippen LogP contribution in [0, 0.1) is 11.7 Å². The second kappa shape index (κ2) is 6.76. The molecule has 0 bridgehead atoms. The highest BCUT2D eigenvalue weighted by molar-refractivity contribution is 7.71. The summed E-state index contributed by atoms with van der Waals surface area (Å²) in [5.41, 5.74) is 2.72. The van der Waals surface area contributed by atoms with E-state index in [1.54, 1.807) is 29.1 Å². The zero-order valence-corrected chi connectivity index (χ0v) is 13.8. The van der Waals surface area contributed by atoms with Crippen LogP contribution in [-0.2, 0) is 4.79 Å². The fourth-order valence-corrected chi connectivity index (χ4v) is 2.86. The highest BCUT2D eigenvalue weighted by Crippen LogP contribution is 2.28. The molecule has 0 amide bonds. The third-order valence-corrected chi connectivity index (χ3v) is 4.06. The van der Waals surface area contributed by atoms with E-state index in [-0.39, 0.29) is 6.42 Å². The summed E-state index contributed by atoms with van der Waals surface area (Å²) in [5.74, 6) is -0.585. The first-order chi connectivity index (χ1) is 11.6. The van der Waals surface area contributed by atoms with Crippen LogP contribution in [0.3, 0.4) is 0 Å². The molecule has 0 aliphatic rings. The quantitative estimate of drug-likeness (QED) is 0.719. The Morgan fingerprint density at radius 1 is 1.25 bits per heavy atom. The van der Waals surface area contributed by atoms with E-state index in [4.69, 9.17) is 12.2 Å². The van der Waals surface area contributed by atoms with Gasteiger partial charge < -0.3 is 9.90 Å². The van der Waals surface area contributed by atoms with Crippen molar-refractivity contribution >= 4 is 18.2 Å². The minimum Gasteiger partial charge on any atom is -0.550 e. The summed E-state index contributed by atoms with van der Waals surface area (Å²) in [6.45, 7) is 1.98. The van der Waals surface area contributed by atoms with E-state index in [0.29, 0.717) is 10.6 Å². The molecule has 0 saturated heterocycles. The van der Waals surface area contributed by atoms with Crippen molar-refractivity contribution in [3.63, 3.8) is 0 Å². The number of hydrogen-bond acceptors (Lipinski definition) is 5. The summed E-state index contributed by atoms with van der Waals surface area (Å²) < 4.78 is 2.07. The molecule has 3 rings (SSSR count). The largest absolute Gasteiger partial charge is 0.550 e. The fraction of sp³-hybridized carbons (Fsp3) is 0.176. The number of aliphatic carboxylic acids is 1. The summed E-state index contributed by atoms with van der Waals surface area (Å²) in [6, 6.07) is 10.8. The number of nitrogens with zero attached hydrogens (tertiary/aromatic N) is 3. The van der Waals surface area contributed by atoms with Gasteiger partial charge in [0, 0.05) is 30.3 Å². The van der Waals surface area contributed by atoms with Crippen LogP contribution in [0.5, 0.6) is 0 Å². The number of carboxylic acids is 1. The molecule has 1 atom stereocenters. The maximum Gasteiger partial charge on any atom is 0.196 e. The number of H-pyrrole nitrogens is 1. The second-order valence-corrected chi connectivity index (χ2v) is 5.85. The van der Waals surface area contributed by atoms with Gasteiger partial charge in [0.05, 0.1) is 6.04 Å². The van der Waals surface area contributed by atoms with Crippen LogP contribution in [-0.4, -0.2) is 25.7 Å². The lowest BCUT2D eigenvalue weighted by Crippen LogP contribution is -2.27. The Morgan fingerprint density at radius 3 is 2.54 bits per heavy atom. The van der Waals surface area contributed by atoms with E-state index < -0.39 is 12.0 Å². The molecule has 0 radical (unpaired) electrons. The summed E-state index contributed by atoms with van der Waals surface area (Å²) >= 11 is 5.34. The van der Waals surface area contributed by atoms with E-state index in [2.05, 4.69) is 15.2 Å². The number of rotatable bonds is 5. The first-order valence-electron chi connectivity index (χ1n) is 7.40. The summed E-state index contributed by atoms with van der Waals surface area (Å²) in [5, 5.41) is 18.3. The van der Waals surface area contributed by atoms with Gasteiger partial charge in [0.2, 0.25) is 0 Å². The van der Waals surface area contributed by atoms with Crippen LogP contribution in [0.4, 0.5) is 0 Å². The number of carbonyl (C=O) groups excluding carboxylic acids is 1. The number of carboxylic acid groups (broad SMARTS) is 1. The minimum atomic E-state index is -1.15. The van der Waals surface area contributed by atoms with Gasteiger partial charge in [0.1, 0.15) is 0 Å². The number of carbonyl (C=O) groups is 1. The van der Waals surface area contributed by atoms with Crippen LogP contribution < -0.4 is 5.11 Å². The number of benzene rings is 1. The molecule has 6 nitrogen and oxygen atoms in total. The number of pyridine rings is 1. The molecule has 2 aromatic heterocycles. The molecule has 1 aromatic carbocycles. The van der Waals surface area contributed by atoms with E-state index >= 15 is 0 Å². The molecular weight excluding hydrogens is 324 g/mol. The lowest BCUT2D eigenvalue weighted by Gasteiger charge is -2.21. The van der Waals surface area contributed by atoms with Crippen molar-refractivity contribution in [3.8, 4) is 11.4 Å². The van der Waals surface area contributed by atoms with Crippen molar-refractivity contribution in [1.29, 1.82) is 0 Å². The van der Waals surface area contributed by atoms with Crippen LogP contribution in [0.2, 0.25) is 0 Å². The van der Waals surface area contributed by atoms with Gasteiger partial charge in [-0.05, 0) is 36.8 Å². The molecule has 0 aliphatic carbocycles. The third-order valence-electron chi connectivity index (χ3n) is 3.78. The lowest BCUT2D eigenvalue weighted by atomic mass is 10.0. The molecule has 24 heavy (non-hydrogen) atoms. The monoisotopic (exact) mass is 339 g/mol. The van der Waals surface area contributed by atoms with Gasteiger partial charge >= 0.3 is 0 Å². The fourth-order valence-electron chi connectivity index (χ4n) is 2.60. The van der Waals surface area contributed by atoms with Crippen molar-refractivity contribution in [3.05, 3.63) is 64.7 Å². The average molecular weight is 339 g/mol. The number of aromatic amines is 1. The van der Waals surface area contributed by atoms with E-state index in [1.165, 1.54) is 0 Å². The first-order valence-corrected chi connectivity index (χ1v) is 7.81. The van der Waals surface area contributed by atoms with Crippen LogP contribution >= 0.6 is 12.2 Å². The lowest BCUT2D eigenvalue weighted by molar-refractivity contribution is -0.306. The maximum atomic E-state index is 11.3. The molecule has 2 heterocycles. The molecule has 7 heteroatoms. The molecule has 0 saturated carbocycles.